The lowest BCUT2D eigenvalue weighted by Gasteiger charge is -2.17. The van der Waals surface area contributed by atoms with Gasteiger partial charge < -0.3 is 4.42 Å². The number of benzene rings is 2. The van der Waals surface area contributed by atoms with Crippen molar-refractivity contribution in [3.05, 3.63) is 69.6 Å². The van der Waals surface area contributed by atoms with Crippen molar-refractivity contribution in [2.45, 2.75) is 32.6 Å². The van der Waals surface area contributed by atoms with E-state index < -0.39 is 0 Å². The summed E-state index contributed by atoms with van der Waals surface area (Å²) >= 11 is 0. The van der Waals surface area contributed by atoms with Gasteiger partial charge in [0.05, 0.1) is 5.56 Å². The molecule has 4 rings (SSSR count). The molecule has 0 saturated carbocycles. The van der Waals surface area contributed by atoms with Crippen LogP contribution in [0.2, 0.25) is 0 Å². The molecule has 2 aromatic carbocycles. The summed E-state index contributed by atoms with van der Waals surface area (Å²) in [7, 11) is 0. The Bertz CT molecular complexity index is 904. The number of rotatable bonds is 1. The molecular formula is C20H18O2. The minimum atomic E-state index is -0.244. The van der Waals surface area contributed by atoms with Crippen molar-refractivity contribution in [1.29, 1.82) is 0 Å². The molecule has 0 N–H and O–H groups in total. The van der Waals surface area contributed by atoms with E-state index in [0.717, 1.165) is 34.9 Å². The molecule has 0 bridgehead atoms. The van der Waals surface area contributed by atoms with Crippen LogP contribution in [0.5, 0.6) is 0 Å². The molecule has 1 aliphatic carbocycles. The van der Waals surface area contributed by atoms with Crippen molar-refractivity contribution in [3.8, 4) is 11.1 Å². The molecule has 0 amide bonds. The summed E-state index contributed by atoms with van der Waals surface area (Å²) in [5, 5.41) is 1.07. The molecule has 0 radical (unpaired) electrons. The van der Waals surface area contributed by atoms with Crippen LogP contribution in [0.3, 0.4) is 0 Å². The predicted octanol–water partition coefficient (Wildman–Crippen LogP) is 4.65. The van der Waals surface area contributed by atoms with Gasteiger partial charge in [0, 0.05) is 5.39 Å². The molecule has 0 saturated heterocycles. The van der Waals surface area contributed by atoms with Crippen LogP contribution in [0.25, 0.3) is 22.1 Å². The van der Waals surface area contributed by atoms with Crippen molar-refractivity contribution < 1.29 is 4.42 Å². The minimum absolute atomic E-state index is 0.244. The zero-order chi connectivity index (χ0) is 15.1. The lowest BCUT2D eigenvalue weighted by atomic mass is 9.89. The van der Waals surface area contributed by atoms with Crippen LogP contribution in [-0.2, 0) is 12.8 Å². The zero-order valence-electron chi connectivity index (χ0n) is 12.7. The summed E-state index contributed by atoms with van der Waals surface area (Å²) in [5.41, 5.74) is 5.86. The third-order valence-electron chi connectivity index (χ3n) is 4.69. The Balaban J connectivity index is 2.02. The van der Waals surface area contributed by atoms with E-state index in [1.807, 2.05) is 37.3 Å². The van der Waals surface area contributed by atoms with Crippen LogP contribution in [0, 0.1) is 6.92 Å². The topological polar surface area (TPSA) is 30.2 Å². The number of hydrogen-bond acceptors (Lipinski definition) is 2. The largest absolute Gasteiger partial charge is 0.422 e. The summed E-state index contributed by atoms with van der Waals surface area (Å²) in [5.74, 6) is 0. The minimum Gasteiger partial charge on any atom is -0.422 e. The molecule has 0 aliphatic heterocycles. The lowest BCUT2D eigenvalue weighted by Crippen LogP contribution is -2.08. The molecule has 0 fully saturated rings. The molecule has 110 valence electrons. The van der Waals surface area contributed by atoms with Crippen LogP contribution in [0.15, 0.2) is 51.7 Å². The van der Waals surface area contributed by atoms with E-state index in [0.29, 0.717) is 5.56 Å². The molecule has 3 aromatic rings. The maximum atomic E-state index is 12.5. The Morgan fingerprint density at radius 1 is 0.955 bits per heavy atom. The van der Waals surface area contributed by atoms with Crippen LogP contribution < -0.4 is 5.63 Å². The maximum absolute atomic E-state index is 12.5. The number of hydrogen-bond donors (Lipinski definition) is 0. The molecule has 2 nitrogen and oxygen atoms in total. The Kier molecular flexibility index (Phi) is 3.11. The maximum Gasteiger partial charge on any atom is 0.344 e. The predicted molar refractivity (Wildman–Crippen MR) is 89.3 cm³/mol. The van der Waals surface area contributed by atoms with E-state index in [-0.39, 0.29) is 5.63 Å². The van der Waals surface area contributed by atoms with Crippen LogP contribution in [0.4, 0.5) is 0 Å². The highest BCUT2D eigenvalue weighted by Crippen LogP contribution is 2.31. The zero-order valence-corrected chi connectivity index (χ0v) is 12.7. The fraction of sp³-hybridized carbons (Fsp3) is 0.250. The summed E-state index contributed by atoms with van der Waals surface area (Å²) < 4.78 is 5.64. The smallest absolute Gasteiger partial charge is 0.344 e. The van der Waals surface area contributed by atoms with E-state index in [2.05, 4.69) is 12.1 Å². The standard InChI is InChI=1S/C20H18O2/c1-13-17-11-15-9-5-6-10-16(15)12-18(17)22-20(21)19(13)14-7-3-2-4-8-14/h2-4,7-8,11-12H,5-6,9-10H2,1H3. The average molecular weight is 290 g/mol. The molecular weight excluding hydrogens is 272 g/mol. The summed E-state index contributed by atoms with van der Waals surface area (Å²) in [6.07, 6.45) is 4.70. The average Bonchev–Trinajstić information content (AvgIpc) is 2.54. The lowest BCUT2D eigenvalue weighted by molar-refractivity contribution is 0.560. The molecule has 0 spiro atoms. The van der Waals surface area contributed by atoms with Gasteiger partial charge in [0.1, 0.15) is 5.58 Å². The molecule has 0 unspecified atom stereocenters. The van der Waals surface area contributed by atoms with Gasteiger partial charge in [-0.2, -0.15) is 0 Å². The van der Waals surface area contributed by atoms with Crippen LogP contribution in [-0.4, -0.2) is 0 Å². The first kappa shape index (κ1) is 13.3. The van der Waals surface area contributed by atoms with Gasteiger partial charge in [-0.25, -0.2) is 4.79 Å². The Hall–Kier alpha value is -2.35. The summed E-state index contributed by atoms with van der Waals surface area (Å²) in [4.78, 5) is 12.5. The molecule has 1 aromatic heterocycles. The van der Waals surface area contributed by atoms with Gasteiger partial charge in [0.25, 0.3) is 0 Å². The fourth-order valence-electron chi connectivity index (χ4n) is 3.52. The highest BCUT2D eigenvalue weighted by atomic mass is 16.4. The van der Waals surface area contributed by atoms with Gasteiger partial charge >= 0.3 is 5.63 Å². The molecule has 0 atom stereocenters. The summed E-state index contributed by atoms with van der Waals surface area (Å²) in [6.45, 7) is 2.02. The van der Waals surface area contributed by atoms with E-state index in [1.54, 1.807) is 0 Å². The molecule has 2 heteroatoms. The Morgan fingerprint density at radius 2 is 1.64 bits per heavy atom. The van der Waals surface area contributed by atoms with E-state index in [9.17, 15) is 4.79 Å². The van der Waals surface area contributed by atoms with Gasteiger partial charge in [-0.3, -0.25) is 0 Å². The quantitative estimate of drug-likeness (QED) is 0.611. The van der Waals surface area contributed by atoms with Crippen molar-refractivity contribution in [2.24, 2.45) is 0 Å². The van der Waals surface area contributed by atoms with Crippen molar-refractivity contribution in [2.75, 3.05) is 0 Å². The van der Waals surface area contributed by atoms with E-state index >= 15 is 0 Å². The SMILES string of the molecule is Cc1c(-c2ccccc2)c(=O)oc2cc3c(cc12)CCCC3. The summed E-state index contributed by atoms with van der Waals surface area (Å²) in [6, 6.07) is 14.1. The molecule has 22 heavy (non-hydrogen) atoms. The highest BCUT2D eigenvalue weighted by Gasteiger charge is 2.16. The monoisotopic (exact) mass is 290 g/mol. The second-order valence-electron chi connectivity index (χ2n) is 6.08. The van der Waals surface area contributed by atoms with Gasteiger partial charge in [-0.05, 0) is 67.0 Å². The van der Waals surface area contributed by atoms with Gasteiger partial charge in [0.15, 0.2) is 0 Å². The highest BCUT2D eigenvalue weighted by molar-refractivity contribution is 5.87. The van der Waals surface area contributed by atoms with Crippen molar-refractivity contribution in [1.82, 2.24) is 0 Å². The molecule has 1 heterocycles. The van der Waals surface area contributed by atoms with Crippen molar-refractivity contribution >= 4 is 11.0 Å². The van der Waals surface area contributed by atoms with E-state index in [4.69, 9.17) is 4.42 Å². The first-order chi connectivity index (χ1) is 10.7. The van der Waals surface area contributed by atoms with Gasteiger partial charge in [0.2, 0.25) is 0 Å². The first-order valence-corrected chi connectivity index (χ1v) is 7.88. The third kappa shape index (κ3) is 2.07. The van der Waals surface area contributed by atoms with Crippen molar-refractivity contribution in [3.63, 3.8) is 0 Å². The normalized spacial score (nSPS) is 14.0. The molecule has 1 aliphatic rings. The van der Waals surface area contributed by atoms with Crippen LogP contribution in [0.1, 0.15) is 29.5 Å². The first-order valence-electron chi connectivity index (χ1n) is 7.88. The fourth-order valence-corrected chi connectivity index (χ4v) is 3.52. The Labute approximate surface area is 129 Å². The van der Waals surface area contributed by atoms with Gasteiger partial charge in [-0.1, -0.05) is 30.3 Å². The van der Waals surface area contributed by atoms with Crippen LogP contribution >= 0.6 is 0 Å². The second kappa shape index (κ2) is 5.13. The number of aryl methyl sites for hydroxylation is 3. The Morgan fingerprint density at radius 3 is 2.36 bits per heavy atom. The van der Waals surface area contributed by atoms with E-state index in [1.165, 1.54) is 24.0 Å². The third-order valence-corrected chi connectivity index (χ3v) is 4.69. The second-order valence-corrected chi connectivity index (χ2v) is 6.08. The van der Waals surface area contributed by atoms with Gasteiger partial charge in [-0.15, -0.1) is 0 Å². The number of fused-ring (bicyclic) bond motifs is 2.